The first kappa shape index (κ1) is 18.8. The Bertz CT molecular complexity index is 804. The molecule has 1 unspecified atom stereocenters. The molecule has 0 aliphatic carbocycles. The number of rotatable bonds is 4. The summed E-state index contributed by atoms with van der Waals surface area (Å²) in [5, 5.41) is 2.71. The van der Waals surface area contributed by atoms with Crippen molar-refractivity contribution in [2.24, 2.45) is 0 Å². The Kier molecular flexibility index (Phi) is 5.69. The predicted octanol–water partition coefficient (Wildman–Crippen LogP) is 2.48. The van der Waals surface area contributed by atoms with E-state index in [2.05, 4.69) is 20.2 Å². The number of nitrogens with one attached hydrogen (secondary N) is 1. The van der Waals surface area contributed by atoms with E-state index >= 15 is 0 Å². The minimum absolute atomic E-state index is 0.00676. The molecule has 1 N–H and O–H groups in total. The van der Waals surface area contributed by atoms with E-state index in [1.54, 1.807) is 36.7 Å². The van der Waals surface area contributed by atoms with Gasteiger partial charge in [-0.05, 0) is 49.6 Å². The molecule has 3 rings (SSSR count). The first-order chi connectivity index (χ1) is 12.9. The minimum atomic E-state index is -0.130. The summed E-state index contributed by atoms with van der Waals surface area (Å²) < 4.78 is 0. The highest BCUT2D eigenvalue weighted by Gasteiger charge is 2.28. The van der Waals surface area contributed by atoms with Gasteiger partial charge in [-0.2, -0.15) is 0 Å². The molecule has 0 radical (unpaired) electrons. The first-order valence-corrected chi connectivity index (χ1v) is 9.12. The molecule has 0 bridgehead atoms. The number of likely N-dealkylation sites (tertiary alicyclic amines) is 1. The number of benzene rings is 1. The number of nitrogens with zero attached hydrogens (tertiary/aromatic N) is 4. The van der Waals surface area contributed by atoms with Crippen molar-refractivity contribution in [2.75, 3.05) is 30.4 Å². The number of anilines is 2. The second-order valence-electron chi connectivity index (χ2n) is 6.98. The van der Waals surface area contributed by atoms with Crippen LogP contribution >= 0.6 is 0 Å². The van der Waals surface area contributed by atoms with Gasteiger partial charge < -0.3 is 15.1 Å². The van der Waals surface area contributed by atoms with Crippen LogP contribution in [0.25, 0.3) is 0 Å². The average Bonchev–Trinajstić information content (AvgIpc) is 2.68. The lowest BCUT2D eigenvalue weighted by atomic mass is 10.0. The maximum Gasteiger partial charge on any atom is 0.253 e. The molecule has 1 aromatic carbocycles. The Labute approximate surface area is 159 Å². The van der Waals surface area contributed by atoms with Gasteiger partial charge in [-0.15, -0.1) is 0 Å². The largest absolute Gasteiger partial charge is 0.339 e. The molecule has 2 amide bonds. The van der Waals surface area contributed by atoms with Crippen molar-refractivity contribution >= 4 is 23.5 Å². The molecular weight excluding hydrogens is 342 g/mol. The number of piperidine rings is 1. The van der Waals surface area contributed by atoms with E-state index in [4.69, 9.17) is 0 Å². The van der Waals surface area contributed by atoms with E-state index in [1.165, 1.54) is 6.92 Å². The Morgan fingerprint density at radius 3 is 2.48 bits per heavy atom. The molecule has 27 heavy (non-hydrogen) atoms. The highest BCUT2D eigenvalue weighted by atomic mass is 16.2. The number of carbonyl (C=O) groups excluding carboxylic acids is 2. The SMILES string of the molecule is CC(=O)Nc1ccc(C(=O)N2CCCC(N(C)c3ncc(C)cn3)C2)cc1. The smallest absolute Gasteiger partial charge is 0.253 e. The lowest BCUT2D eigenvalue weighted by molar-refractivity contribution is -0.114. The van der Waals surface area contributed by atoms with Gasteiger partial charge in [0, 0.05) is 56.7 Å². The van der Waals surface area contributed by atoms with E-state index in [0.29, 0.717) is 23.7 Å². The van der Waals surface area contributed by atoms with Crippen molar-refractivity contribution in [1.82, 2.24) is 14.9 Å². The van der Waals surface area contributed by atoms with Gasteiger partial charge in [-0.1, -0.05) is 0 Å². The lowest BCUT2D eigenvalue weighted by Crippen LogP contribution is -2.49. The topological polar surface area (TPSA) is 78.4 Å². The van der Waals surface area contributed by atoms with Gasteiger partial charge in [-0.3, -0.25) is 9.59 Å². The summed E-state index contributed by atoms with van der Waals surface area (Å²) in [5.41, 5.74) is 2.33. The van der Waals surface area contributed by atoms with Gasteiger partial charge in [0.15, 0.2) is 0 Å². The summed E-state index contributed by atoms with van der Waals surface area (Å²) in [6.07, 6.45) is 5.55. The summed E-state index contributed by atoms with van der Waals surface area (Å²) >= 11 is 0. The fourth-order valence-corrected chi connectivity index (χ4v) is 3.27. The summed E-state index contributed by atoms with van der Waals surface area (Å²) in [4.78, 5) is 36.7. The molecule has 7 nitrogen and oxygen atoms in total. The Morgan fingerprint density at radius 2 is 1.85 bits per heavy atom. The standard InChI is InChI=1S/C20H25N5O2/c1-14-11-21-20(22-12-14)24(3)18-5-4-10-25(13-18)19(27)16-6-8-17(9-7-16)23-15(2)26/h6-9,11-12,18H,4-5,10,13H2,1-3H3,(H,23,26). The maximum atomic E-state index is 12.9. The molecule has 0 saturated carbocycles. The van der Waals surface area contributed by atoms with Crippen LogP contribution in [0.15, 0.2) is 36.7 Å². The summed E-state index contributed by atoms with van der Waals surface area (Å²) in [6, 6.07) is 7.20. The zero-order valence-electron chi connectivity index (χ0n) is 16.0. The van der Waals surface area contributed by atoms with E-state index in [0.717, 1.165) is 24.9 Å². The Hall–Kier alpha value is -2.96. The fourth-order valence-electron chi connectivity index (χ4n) is 3.27. The van der Waals surface area contributed by atoms with Gasteiger partial charge >= 0.3 is 0 Å². The highest BCUT2D eigenvalue weighted by Crippen LogP contribution is 2.21. The highest BCUT2D eigenvalue weighted by molar-refractivity contribution is 5.95. The van der Waals surface area contributed by atoms with Crippen molar-refractivity contribution in [3.63, 3.8) is 0 Å². The van der Waals surface area contributed by atoms with Crippen molar-refractivity contribution < 1.29 is 9.59 Å². The van der Waals surface area contributed by atoms with E-state index in [1.807, 2.05) is 18.9 Å². The van der Waals surface area contributed by atoms with Crippen LogP contribution in [0.4, 0.5) is 11.6 Å². The number of hydrogen-bond donors (Lipinski definition) is 1. The van der Waals surface area contributed by atoms with E-state index in [9.17, 15) is 9.59 Å². The molecule has 1 saturated heterocycles. The minimum Gasteiger partial charge on any atom is -0.339 e. The number of aromatic nitrogens is 2. The number of carbonyl (C=O) groups is 2. The number of amides is 2. The average molecular weight is 367 g/mol. The van der Waals surface area contributed by atoms with Crippen LogP contribution in [0.5, 0.6) is 0 Å². The number of hydrogen-bond acceptors (Lipinski definition) is 5. The normalized spacial score (nSPS) is 16.7. The summed E-state index contributed by atoms with van der Waals surface area (Å²) in [7, 11) is 1.98. The van der Waals surface area contributed by atoms with Gasteiger partial charge in [0.2, 0.25) is 11.9 Å². The monoisotopic (exact) mass is 367 g/mol. The van der Waals surface area contributed by atoms with Crippen LogP contribution in [-0.2, 0) is 4.79 Å². The molecule has 0 spiro atoms. The second kappa shape index (κ2) is 8.16. The molecule has 1 aromatic heterocycles. The maximum absolute atomic E-state index is 12.9. The molecule has 1 aliphatic heterocycles. The van der Waals surface area contributed by atoms with Gasteiger partial charge in [0.25, 0.3) is 5.91 Å². The van der Waals surface area contributed by atoms with Crippen LogP contribution in [0.3, 0.4) is 0 Å². The van der Waals surface area contributed by atoms with Gasteiger partial charge in [-0.25, -0.2) is 9.97 Å². The molecule has 1 fully saturated rings. The summed E-state index contributed by atoms with van der Waals surface area (Å²) in [5.74, 6) is 0.557. The van der Waals surface area contributed by atoms with Gasteiger partial charge in [0.1, 0.15) is 0 Å². The van der Waals surface area contributed by atoms with Gasteiger partial charge in [0.05, 0.1) is 0 Å². The molecule has 2 heterocycles. The Morgan fingerprint density at radius 1 is 1.19 bits per heavy atom. The van der Waals surface area contributed by atoms with Crippen LogP contribution in [0.2, 0.25) is 0 Å². The zero-order chi connectivity index (χ0) is 19.4. The van der Waals surface area contributed by atoms with E-state index in [-0.39, 0.29) is 17.9 Å². The van der Waals surface area contributed by atoms with Crippen molar-refractivity contribution in [2.45, 2.75) is 32.7 Å². The molecule has 2 aromatic rings. The number of aryl methyl sites for hydroxylation is 1. The van der Waals surface area contributed by atoms with Crippen LogP contribution in [0, 0.1) is 6.92 Å². The lowest BCUT2D eigenvalue weighted by Gasteiger charge is -2.37. The van der Waals surface area contributed by atoms with Crippen molar-refractivity contribution in [3.05, 3.63) is 47.8 Å². The quantitative estimate of drug-likeness (QED) is 0.898. The van der Waals surface area contributed by atoms with Crippen LogP contribution in [-0.4, -0.2) is 52.9 Å². The second-order valence-corrected chi connectivity index (χ2v) is 6.98. The molecular formula is C20H25N5O2. The van der Waals surface area contributed by atoms with E-state index < -0.39 is 0 Å². The predicted molar refractivity (Wildman–Crippen MR) is 105 cm³/mol. The fraction of sp³-hybridized carbons (Fsp3) is 0.400. The third kappa shape index (κ3) is 4.61. The molecule has 7 heteroatoms. The Balaban J connectivity index is 1.67. The third-order valence-corrected chi connectivity index (χ3v) is 4.77. The number of likely N-dealkylation sites (N-methyl/N-ethyl adjacent to an activating group) is 1. The molecule has 1 aliphatic rings. The van der Waals surface area contributed by atoms with Crippen LogP contribution in [0.1, 0.15) is 35.7 Å². The third-order valence-electron chi connectivity index (χ3n) is 4.77. The first-order valence-electron chi connectivity index (χ1n) is 9.12. The molecule has 142 valence electrons. The van der Waals surface area contributed by atoms with Crippen LogP contribution < -0.4 is 10.2 Å². The van der Waals surface area contributed by atoms with Crippen molar-refractivity contribution in [3.8, 4) is 0 Å². The molecule has 1 atom stereocenters. The van der Waals surface area contributed by atoms with Crippen molar-refractivity contribution in [1.29, 1.82) is 0 Å². The summed E-state index contributed by atoms with van der Waals surface area (Å²) in [6.45, 7) is 4.80. The zero-order valence-corrected chi connectivity index (χ0v) is 16.0.